The Morgan fingerprint density at radius 2 is 1.76 bits per heavy atom. The number of aromatic carboxylic acids is 1. The summed E-state index contributed by atoms with van der Waals surface area (Å²) in [5.74, 6) is -1.52. The number of anilines is 1. The van der Waals surface area contributed by atoms with E-state index >= 15 is 0 Å². The summed E-state index contributed by atoms with van der Waals surface area (Å²) in [4.78, 5) is 23.2. The Morgan fingerprint density at radius 3 is 2.43 bits per heavy atom. The Kier molecular flexibility index (Phi) is 4.50. The number of hydrogen-bond acceptors (Lipinski definition) is 2. The third-order valence-electron chi connectivity index (χ3n) is 2.97. The molecular formula is C15H11Cl2NO3. The highest BCUT2D eigenvalue weighted by Gasteiger charge is 2.14. The molecule has 0 unspecified atom stereocenters. The maximum Gasteiger partial charge on any atom is 0.337 e. The number of carbonyl (C=O) groups is 2. The van der Waals surface area contributed by atoms with Gasteiger partial charge in [-0.15, -0.1) is 0 Å². The number of carbonyl (C=O) groups excluding carboxylic acids is 1. The number of nitrogens with one attached hydrogen (secondary N) is 1. The van der Waals surface area contributed by atoms with Crippen molar-refractivity contribution in [3.05, 3.63) is 63.1 Å². The van der Waals surface area contributed by atoms with Gasteiger partial charge < -0.3 is 10.4 Å². The average molecular weight is 324 g/mol. The normalized spacial score (nSPS) is 10.2. The zero-order chi connectivity index (χ0) is 15.6. The molecule has 0 saturated carbocycles. The Hall–Kier alpha value is -2.04. The van der Waals surface area contributed by atoms with Crippen LogP contribution in [0.4, 0.5) is 5.69 Å². The fourth-order valence-corrected chi connectivity index (χ4v) is 2.19. The highest BCUT2D eigenvalue weighted by atomic mass is 35.5. The fourth-order valence-electron chi connectivity index (χ4n) is 1.82. The van der Waals surface area contributed by atoms with E-state index in [1.54, 1.807) is 25.1 Å². The Labute approximate surface area is 131 Å². The zero-order valence-electron chi connectivity index (χ0n) is 11.0. The summed E-state index contributed by atoms with van der Waals surface area (Å²) in [6, 6.07) is 9.28. The molecule has 2 aromatic rings. The molecule has 0 aliphatic rings. The van der Waals surface area contributed by atoms with Crippen molar-refractivity contribution < 1.29 is 14.7 Å². The van der Waals surface area contributed by atoms with E-state index in [2.05, 4.69) is 5.32 Å². The van der Waals surface area contributed by atoms with Crippen LogP contribution in [0.1, 0.15) is 26.3 Å². The van der Waals surface area contributed by atoms with Crippen molar-refractivity contribution in [3.8, 4) is 0 Å². The van der Waals surface area contributed by atoms with Gasteiger partial charge in [0.1, 0.15) is 0 Å². The maximum absolute atomic E-state index is 12.2. The lowest BCUT2D eigenvalue weighted by molar-refractivity contribution is 0.0696. The summed E-state index contributed by atoms with van der Waals surface area (Å²) < 4.78 is 0. The van der Waals surface area contributed by atoms with Crippen LogP contribution in [0.2, 0.25) is 10.0 Å². The monoisotopic (exact) mass is 323 g/mol. The van der Waals surface area contributed by atoms with Gasteiger partial charge in [0.05, 0.1) is 10.6 Å². The first-order chi connectivity index (χ1) is 9.90. The SMILES string of the molecule is Cc1c(Cl)cccc1C(=O)Nc1ccc(Cl)c(C(=O)O)c1. The van der Waals surface area contributed by atoms with Crippen LogP contribution in [0.25, 0.3) is 0 Å². The first-order valence-electron chi connectivity index (χ1n) is 5.99. The molecule has 0 radical (unpaired) electrons. The van der Waals surface area contributed by atoms with Crippen molar-refractivity contribution in [2.24, 2.45) is 0 Å². The van der Waals surface area contributed by atoms with Gasteiger partial charge in [-0.1, -0.05) is 29.3 Å². The number of rotatable bonds is 3. The molecule has 108 valence electrons. The maximum atomic E-state index is 12.2. The van der Waals surface area contributed by atoms with Gasteiger partial charge in [-0.25, -0.2) is 4.79 Å². The number of benzene rings is 2. The average Bonchev–Trinajstić information content (AvgIpc) is 2.43. The summed E-state index contributed by atoms with van der Waals surface area (Å²) in [7, 11) is 0. The van der Waals surface area contributed by atoms with Gasteiger partial charge in [-0.2, -0.15) is 0 Å². The summed E-state index contributed by atoms with van der Waals surface area (Å²) in [5, 5.41) is 12.2. The smallest absolute Gasteiger partial charge is 0.337 e. The van der Waals surface area contributed by atoms with Gasteiger partial charge in [-0.3, -0.25) is 4.79 Å². The molecule has 2 N–H and O–H groups in total. The molecular weight excluding hydrogens is 313 g/mol. The van der Waals surface area contributed by atoms with Crippen LogP contribution in [0.5, 0.6) is 0 Å². The Bertz CT molecular complexity index is 729. The van der Waals surface area contributed by atoms with Crippen LogP contribution in [0.15, 0.2) is 36.4 Å². The van der Waals surface area contributed by atoms with E-state index in [1.165, 1.54) is 18.2 Å². The quantitative estimate of drug-likeness (QED) is 0.887. The molecule has 0 atom stereocenters. The largest absolute Gasteiger partial charge is 0.478 e. The molecule has 6 heteroatoms. The van der Waals surface area contributed by atoms with Crippen LogP contribution in [-0.2, 0) is 0 Å². The molecule has 0 aliphatic heterocycles. The van der Waals surface area contributed by atoms with Crippen LogP contribution < -0.4 is 5.32 Å². The first-order valence-corrected chi connectivity index (χ1v) is 6.75. The molecule has 0 saturated heterocycles. The summed E-state index contributed by atoms with van der Waals surface area (Å²) in [6.45, 7) is 1.74. The van der Waals surface area contributed by atoms with Crippen LogP contribution in [0.3, 0.4) is 0 Å². The molecule has 0 fully saturated rings. The van der Waals surface area contributed by atoms with Gasteiger partial charge in [0.2, 0.25) is 0 Å². The fraction of sp³-hybridized carbons (Fsp3) is 0.0667. The molecule has 4 nitrogen and oxygen atoms in total. The Morgan fingerprint density at radius 1 is 1.05 bits per heavy atom. The number of carboxylic acids is 1. The second-order valence-corrected chi connectivity index (χ2v) is 5.18. The van der Waals surface area contributed by atoms with Gasteiger partial charge >= 0.3 is 5.97 Å². The van der Waals surface area contributed by atoms with E-state index in [-0.39, 0.29) is 16.5 Å². The van der Waals surface area contributed by atoms with Crippen LogP contribution in [-0.4, -0.2) is 17.0 Å². The van der Waals surface area contributed by atoms with E-state index < -0.39 is 5.97 Å². The van der Waals surface area contributed by atoms with E-state index in [0.717, 1.165) is 0 Å². The molecule has 0 bridgehead atoms. The highest BCUT2D eigenvalue weighted by Crippen LogP contribution is 2.23. The van der Waals surface area contributed by atoms with Crippen LogP contribution >= 0.6 is 23.2 Å². The Balaban J connectivity index is 2.30. The number of amides is 1. The molecule has 0 heterocycles. The van der Waals surface area contributed by atoms with Gasteiger partial charge in [-0.05, 0) is 42.8 Å². The summed E-state index contributed by atoms with van der Waals surface area (Å²) >= 11 is 11.8. The number of hydrogen-bond donors (Lipinski definition) is 2. The standard InChI is InChI=1S/C15H11Cl2NO3/c1-8-10(3-2-4-12(8)16)14(19)18-9-5-6-13(17)11(7-9)15(20)21/h2-7H,1H3,(H,18,19)(H,20,21). The lowest BCUT2D eigenvalue weighted by atomic mass is 10.1. The first kappa shape index (κ1) is 15.4. The minimum atomic E-state index is -1.16. The molecule has 1 amide bonds. The van der Waals surface area contributed by atoms with Crippen molar-refractivity contribution in [1.29, 1.82) is 0 Å². The van der Waals surface area contributed by atoms with Crippen molar-refractivity contribution >= 4 is 40.8 Å². The van der Waals surface area contributed by atoms with E-state index in [0.29, 0.717) is 21.8 Å². The summed E-state index contributed by atoms with van der Waals surface area (Å²) in [5.41, 5.74) is 1.36. The minimum Gasteiger partial charge on any atom is -0.478 e. The highest BCUT2D eigenvalue weighted by molar-refractivity contribution is 6.33. The topological polar surface area (TPSA) is 66.4 Å². The second kappa shape index (κ2) is 6.16. The van der Waals surface area contributed by atoms with Crippen molar-refractivity contribution in [1.82, 2.24) is 0 Å². The van der Waals surface area contributed by atoms with Gasteiger partial charge in [0.15, 0.2) is 0 Å². The lowest BCUT2D eigenvalue weighted by Gasteiger charge is -2.10. The molecule has 21 heavy (non-hydrogen) atoms. The predicted molar refractivity (Wildman–Crippen MR) is 82.6 cm³/mol. The summed E-state index contributed by atoms with van der Waals surface area (Å²) in [6.07, 6.45) is 0. The van der Waals surface area contributed by atoms with Gasteiger partial charge in [0.25, 0.3) is 5.91 Å². The minimum absolute atomic E-state index is 0.0720. The molecule has 0 aromatic heterocycles. The van der Waals surface area contributed by atoms with E-state index in [9.17, 15) is 9.59 Å². The van der Waals surface area contributed by atoms with E-state index in [4.69, 9.17) is 28.3 Å². The van der Waals surface area contributed by atoms with Crippen molar-refractivity contribution in [3.63, 3.8) is 0 Å². The molecule has 2 rings (SSSR count). The number of halogens is 2. The third-order valence-corrected chi connectivity index (χ3v) is 3.71. The molecule has 2 aromatic carbocycles. The van der Waals surface area contributed by atoms with Crippen LogP contribution in [0, 0.1) is 6.92 Å². The molecule has 0 spiro atoms. The second-order valence-electron chi connectivity index (χ2n) is 4.37. The van der Waals surface area contributed by atoms with Crippen molar-refractivity contribution in [2.75, 3.05) is 5.32 Å². The predicted octanol–water partition coefficient (Wildman–Crippen LogP) is 4.25. The van der Waals surface area contributed by atoms with E-state index in [1.807, 2.05) is 0 Å². The van der Waals surface area contributed by atoms with Gasteiger partial charge in [0, 0.05) is 16.3 Å². The number of carboxylic acid groups (broad SMARTS) is 1. The lowest BCUT2D eigenvalue weighted by Crippen LogP contribution is -2.14. The third kappa shape index (κ3) is 3.35. The molecule has 0 aliphatic carbocycles. The zero-order valence-corrected chi connectivity index (χ0v) is 12.5. The van der Waals surface area contributed by atoms with Crippen molar-refractivity contribution in [2.45, 2.75) is 6.92 Å².